The lowest BCUT2D eigenvalue weighted by Crippen LogP contribution is -2.58. The third kappa shape index (κ3) is 4.78. The predicted octanol–water partition coefficient (Wildman–Crippen LogP) is 0.310. The first-order valence-electron chi connectivity index (χ1n) is 11.1. The van der Waals surface area contributed by atoms with Gasteiger partial charge in [0.1, 0.15) is 36.0 Å². The van der Waals surface area contributed by atoms with Gasteiger partial charge in [0.25, 0.3) is 5.56 Å². The summed E-state index contributed by atoms with van der Waals surface area (Å²) in [6, 6.07) is 5.95. The minimum Gasteiger partial charge on any atom is -0.463 e. The van der Waals surface area contributed by atoms with Crippen molar-refractivity contribution in [3.05, 3.63) is 55.6 Å². The van der Waals surface area contributed by atoms with E-state index in [0.29, 0.717) is 21.5 Å². The molecule has 0 spiro atoms. The lowest BCUT2D eigenvalue weighted by molar-refractivity contribution is -0.287. The first kappa shape index (κ1) is 24.9. The van der Waals surface area contributed by atoms with Crippen LogP contribution < -0.4 is 5.56 Å². The Bertz CT molecular complexity index is 1480. The van der Waals surface area contributed by atoms with Crippen molar-refractivity contribution < 1.29 is 34.7 Å². The van der Waals surface area contributed by atoms with Gasteiger partial charge in [0.05, 0.1) is 34.3 Å². The van der Waals surface area contributed by atoms with Crippen molar-refractivity contribution in [3.8, 4) is 0 Å². The molecule has 1 fully saturated rings. The maximum atomic E-state index is 13.0. The lowest BCUT2D eigenvalue weighted by Gasteiger charge is -2.37. The highest BCUT2D eigenvalue weighted by molar-refractivity contribution is 7.18. The van der Waals surface area contributed by atoms with E-state index in [1.807, 2.05) is 25.1 Å². The minimum absolute atomic E-state index is 0.144. The van der Waals surface area contributed by atoms with Crippen molar-refractivity contribution in [2.75, 3.05) is 6.61 Å². The first-order valence-corrected chi connectivity index (χ1v) is 12.8. The van der Waals surface area contributed by atoms with Crippen LogP contribution in [0.5, 0.6) is 0 Å². The SMILES string of the molecule is Cc1ccc2sc(Cn3nc(CC(=O)OCC4O[C@H](O)[C@H](O)[C@@H](O)[C@@H]4O)c4cscc4c3=O)nc2c1. The van der Waals surface area contributed by atoms with Gasteiger partial charge in [-0.1, -0.05) is 6.07 Å². The third-order valence-electron chi connectivity index (χ3n) is 5.96. The number of hydrogen-bond donors (Lipinski definition) is 4. The standard InChI is InChI=1S/C23H23N3O8S2/c1-10-2-3-16-14(4-10)24-17(36-16)6-26-22(31)12-9-35-8-11(12)13(25-26)5-18(27)33-7-15-19(28)20(29)21(30)23(32)34-15/h2-4,8-9,15,19-21,23,28-30,32H,5-7H2,1H3/t15?,19-,20+,21-,23+/m1/s1. The van der Waals surface area contributed by atoms with Gasteiger partial charge >= 0.3 is 5.97 Å². The second-order valence-corrected chi connectivity index (χ2v) is 10.4. The summed E-state index contributed by atoms with van der Waals surface area (Å²) in [5.74, 6) is -0.707. The zero-order valence-corrected chi connectivity index (χ0v) is 20.6. The molecule has 0 bridgehead atoms. The maximum absolute atomic E-state index is 13.0. The van der Waals surface area contributed by atoms with Crippen molar-refractivity contribution in [3.63, 3.8) is 0 Å². The Morgan fingerprint density at radius 3 is 2.72 bits per heavy atom. The molecule has 0 saturated carbocycles. The van der Waals surface area contributed by atoms with Crippen LogP contribution in [-0.4, -0.2) is 78.5 Å². The van der Waals surface area contributed by atoms with E-state index in [2.05, 4.69) is 10.1 Å². The topological polar surface area (TPSA) is 164 Å². The number of nitrogens with zero attached hydrogens (tertiary/aromatic N) is 3. The number of aryl methyl sites for hydroxylation is 1. The molecule has 11 nitrogen and oxygen atoms in total. The monoisotopic (exact) mass is 533 g/mol. The molecule has 4 aromatic rings. The number of hydrogen-bond acceptors (Lipinski definition) is 12. The average Bonchev–Trinajstić information content (AvgIpc) is 3.49. The zero-order chi connectivity index (χ0) is 25.6. The fourth-order valence-electron chi connectivity index (χ4n) is 4.02. The van der Waals surface area contributed by atoms with Gasteiger partial charge in [-0.3, -0.25) is 9.59 Å². The molecule has 4 N–H and O–H groups in total. The summed E-state index contributed by atoms with van der Waals surface area (Å²) in [4.78, 5) is 30.2. The second kappa shape index (κ2) is 9.94. The van der Waals surface area contributed by atoms with E-state index in [1.54, 1.807) is 10.8 Å². The Morgan fingerprint density at radius 2 is 1.92 bits per heavy atom. The van der Waals surface area contributed by atoms with E-state index in [0.717, 1.165) is 15.8 Å². The summed E-state index contributed by atoms with van der Waals surface area (Å²) in [6.07, 6.45) is -8.11. The Morgan fingerprint density at radius 1 is 1.14 bits per heavy atom. The van der Waals surface area contributed by atoms with Crippen molar-refractivity contribution in [1.82, 2.24) is 14.8 Å². The summed E-state index contributed by atoms with van der Waals surface area (Å²) in [7, 11) is 0. The van der Waals surface area contributed by atoms with Crippen LogP contribution in [-0.2, 0) is 27.2 Å². The summed E-state index contributed by atoms with van der Waals surface area (Å²) >= 11 is 2.78. The van der Waals surface area contributed by atoms with E-state index in [9.17, 15) is 30.0 Å². The van der Waals surface area contributed by atoms with Gasteiger partial charge in [0.2, 0.25) is 0 Å². The highest BCUT2D eigenvalue weighted by Crippen LogP contribution is 2.25. The Hall–Kier alpha value is -2.78. The number of thiophene rings is 1. The number of aliphatic hydroxyl groups is 4. The number of rotatable bonds is 6. The van der Waals surface area contributed by atoms with Crippen molar-refractivity contribution in [2.24, 2.45) is 0 Å². The molecule has 1 unspecified atom stereocenters. The number of ether oxygens (including phenoxy) is 2. The fourth-order valence-corrected chi connectivity index (χ4v) is 5.78. The molecule has 3 aromatic heterocycles. The van der Waals surface area contributed by atoms with Gasteiger partial charge in [-0.25, -0.2) is 9.67 Å². The summed E-state index contributed by atoms with van der Waals surface area (Å²) in [5, 5.41) is 48.6. The number of benzene rings is 1. The maximum Gasteiger partial charge on any atom is 0.312 e. The fraction of sp³-hybridized carbons (Fsp3) is 0.391. The number of carbonyl (C=O) groups is 1. The molecule has 5 atom stereocenters. The van der Waals surface area contributed by atoms with E-state index in [-0.39, 0.29) is 18.5 Å². The summed E-state index contributed by atoms with van der Waals surface area (Å²) in [6.45, 7) is 1.67. The molecule has 36 heavy (non-hydrogen) atoms. The average molecular weight is 534 g/mol. The Kier molecular flexibility index (Phi) is 6.87. The van der Waals surface area contributed by atoms with Crippen LogP contribution in [0.4, 0.5) is 0 Å². The van der Waals surface area contributed by atoms with Gasteiger partial charge in [0.15, 0.2) is 6.29 Å². The van der Waals surface area contributed by atoms with Crippen LogP contribution in [0.2, 0.25) is 0 Å². The Balaban J connectivity index is 1.34. The van der Waals surface area contributed by atoms with Crippen LogP contribution in [0, 0.1) is 6.92 Å². The second-order valence-electron chi connectivity index (χ2n) is 8.58. The predicted molar refractivity (Wildman–Crippen MR) is 131 cm³/mol. The van der Waals surface area contributed by atoms with Gasteiger partial charge in [-0.2, -0.15) is 16.4 Å². The molecule has 1 saturated heterocycles. The normalized spacial score (nSPS) is 24.4. The van der Waals surface area contributed by atoms with Crippen LogP contribution in [0.25, 0.3) is 21.0 Å². The molecule has 0 aliphatic carbocycles. The summed E-state index contributed by atoms with van der Waals surface area (Å²) < 4.78 is 12.5. The molecule has 1 aromatic carbocycles. The van der Waals surface area contributed by atoms with Crippen LogP contribution in [0.15, 0.2) is 33.8 Å². The number of aliphatic hydroxyl groups excluding tert-OH is 4. The molecule has 0 amide bonds. The van der Waals surface area contributed by atoms with Crippen LogP contribution in [0.1, 0.15) is 16.3 Å². The highest BCUT2D eigenvalue weighted by Gasteiger charge is 2.43. The third-order valence-corrected chi connectivity index (χ3v) is 7.72. The molecule has 4 heterocycles. The number of aromatic nitrogens is 3. The molecule has 13 heteroatoms. The largest absolute Gasteiger partial charge is 0.463 e. The lowest BCUT2D eigenvalue weighted by atomic mass is 9.99. The van der Waals surface area contributed by atoms with Gasteiger partial charge in [0, 0.05) is 16.1 Å². The number of thiazole rings is 1. The van der Waals surface area contributed by atoms with Crippen molar-refractivity contribution in [1.29, 1.82) is 0 Å². The molecule has 190 valence electrons. The van der Waals surface area contributed by atoms with E-state index in [4.69, 9.17) is 9.47 Å². The van der Waals surface area contributed by atoms with E-state index in [1.165, 1.54) is 27.4 Å². The smallest absolute Gasteiger partial charge is 0.312 e. The number of fused-ring (bicyclic) bond motifs is 2. The molecule has 0 radical (unpaired) electrons. The van der Waals surface area contributed by atoms with Crippen LogP contribution in [0.3, 0.4) is 0 Å². The highest BCUT2D eigenvalue weighted by atomic mass is 32.1. The molecular weight excluding hydrogens is 510 g/mol. The quantitative estimate of drug-likeness (QED) is 0.254. The summed E-state index contributed by atoms with van der Waals surface area (Å²) in [5.41, 5.74) is 1.98. The minimum atomic E-state index is -1.73. The molecule has 5 rings (SSSR count). The van der Waals surface area contributed by atoms with Gasteiger partial charge in [-0.15, -0.1) is 11.3 Å². The number of esters is 1. The van der Waals surface area contributed by atoms with Crippen molar-refractivity contribution >= 4 is 49.6 Å². The number of carbonyl (C=O) groups excluding carboxylic acids is 1. The zero-order valence-electron chi connectivity index (χ0n) is 19.0. The van der Waals surface area contributed by atoms with Gasteiger partial charge < -0.3 is 29.9 Å². The molecule has 1 aliphatic rings. The Labute approximate surface area is 211 Å². The molecular formula is C23H23N3O8S2. The van der Waals surface area contributed by atoms with Crippen LogP contribution >= 0.6 is 22.7 Å². The van der Waals surface area contributed by atoms with E-state index >= 15 is 0 Å². The first-order chi connectivity index (χ1) is 17.2. The van der Waals surface area contributed by atoms with E-state index < -0.39 is 43.3 Å². The van der Waals surface area contributed by atoms with Gasteiger partial charge in [-0.05, 0) is 24.6 Å². The van der Waals surface area contributed by atoms with Crippen molar-refractivity contribution in [2.45, 2.75) is 50.6 Å². The molecule has 1 aliphatic heterocycles.